The van der Waals surface area contributed by atoms with Gasteiger partial charge >= 0.3 is 0 Å². The Morgan fingerprint density at radius 1 is 1.00 bits per heavy atom. The molecule has 3 aromatic heterocycles. The first-order valence-electron chi connectivity index (χ1n) is 9.73. The second-order valence-corrected chi connectivity index (χ2v) is 8.78. The molecule has 0 saturated heterocycles. The Morgan fingerprint density at radius 3 is 2.62 bits per heavy atom. The lowest BCUT2D eigenvalue weighted by atomic mass is 10.1. The van der Waals surface area contributed by atoms with Gasteiger partial charge < -0.3 is 4.74 Å². The molecule has 0 aliphatic carbocycles. The summed E-state index contributed by atoms with van der Waals surface area (Å²) in [6.45, 7) is 0.434. The highest BCUT2D eigenvalue weighted by Gasteiger charge is 2.16. The van der Waals surface area contributed by atoms with Crippen molar-refractivity contribution in [3.05, 3.63) is 78.5 Å². The van der Waals surface area contributed by atoms with Crippen LogP contribution in [0.25, 0.3) is 22.1 Å². The number of nitrogens with one attached hydrogen (secondary N) is 1. The van der Waals surface area contributed by atoms with E-state index in [2.05, 4.69) is 25.0 Å². The van der Waals surface area contributed by atoms with Crippen molar-refractivity contribution in [2.24, 2.45) is 0 Å². The third kappa shape index (κ3) is 3.83. The molecule has 0 atom stereocenters. The van der Waals surface area contributed by atoms with Crippen molar-refractivity contribution in [1.82, 2.24) is 25.0 Å². The highest BCUT2D eigenvalue weighted by molar-refractivity contribution is 7.92. The van der Waals surface area contributed by atoms with Crippen molar-refractivity contribution in [3.8, 4) is 5.75 Å². The number of anilines is 1. The maximum absolute atomic E-state index is 12.7. The van der Waals surface area contributed by atoms with Gasteiger partial charge in [-0.2, -0.15) is 0 Å². The summed E-state index contributed by atoms with van der Waals surface area (Å²) in [4.78, 5) is 8.89. The Morgan fingerprint density at radius 2 is 1.81 bits per heavy atom. The number of sulfonamides is 1. The molecule has 5 aromatic rings. The predicted molar refractivity (Wildman–Crippen MR) is 120 cm³/mol. The van der Waals surface area contributed by atoms with Crippen LogP contribution in [0.15, 0.2) is 77.8 Å². The summed E-state index contributed by atoms with van der Waals surface area (Å²) in [5.74, 6) is 0.752. The minimum Gasteiger partial charge on any atom is -0.497 e. The first-order valence-corrected chi connectivity index (χ1v) is 11.2. The van der Waals surface area contributed by atoms with Crippen molar-refractivity contribution in [2.45, 2.75) is 11.4 Å². The van der Waals surface area contributed by atoms with Crippen LogP contribution in [-0.2, 0) is 16.6 Å². The largest absolute Gasteiger partial charge is 0.497 e. The van der Waals surface area contributed by atoms with E-state index in [-0.39, 0.29) is 10.7 Å². The van der Waals surface area contributed by atoms with Gasteiger partial charge in [0.05, 0.1) is 24.1 Å². The number of rotatable bonds is 6. The van der Waals surface area contributed by atoms with Gasteiger partial charge in [0, 0.05) is 11.6 Å². The number of benzene rings is 2. The van der Waals surface area contributed by atoms with Crippen LogP contribution in [0.5, 0.6) is 5.75 Å². The minimum absolute atomic E-state index is 0.108. The molecule has 0 aliphatic rings. The number of fused-ring (bicyclic) bond motifs is 2. The second kappa shape index (κ2) is 7.89. The van der Waals surface area contributed by atoms with Gasteiger partial charge in [0.2, 0.25) is 0 Å². The van der Waals surface area contributed by atoms with Crippen LogP contribution >= 0.6 is 0 Å². The van der Waals surface area contributed by atoms with Crippen molar-refractivity contribution in [2.75, 3.05) is 11.8 Å². The van der Waals surface area contributed by atoms with Crippen LogP contribution in [0.3, 0.4) is 0 Å². The van der Waals surface area contributed by atoms with Crippen molar-refractivity contribution < 1.29 is 13.2 Å². The van der Waals surface area contributed by atoms with Crippen LogP contribution in [0, 0.1) is 0 Å². The molecule has 0 amide bonds. The highest BCUT2D eigenvalue weighted by Crippen LogP contribution is 2.21. The van der Waals surface area contributed by atoms with E-state index in [4.69, 9.17) is 4.74 Å². The van der Waals surface area contributed by atoms with Crippen molar-refractivity contribution in [3.63, 3.8) is 0 Å². The average molecular weight is 446 g/mol. The number of ether oxygens (including phenoxy) is 1. The molecule has 0 radical (unpaired) electrons. The molecule has 32 heavy (non-hydrogen) atoms. The molecule has 0 aliphatic heterocycles. The molecule has 3 heterocycles. The summed E-state index contributed by atoms with van der Waals surface area (Å²) in [5.41, 5.74) is 2.96. The predicted octanol–water partition coefficient (Wildman–Crippen LogP) is 3.23. The maximum Gasteiger partial charge on any atom is 0.263 e. The molecule has 0 spiro atoms. The summed E-state index contributed by atoms with van der Waals surface area (Å²) < 4.78 is 34.7. The molecule has 1 N–H and O–H groups in total. The summed E-state index contributed by atoms with van der Waals surface area (Å²) >= 11 is 0. The van der Waals surface area contributed by atoms with E-state index in [0.29, 0.717) is 23.5 Å². The molecule has 5 rings (SSSR count). The quantitative estimate of drug-likeness (QED) is 0.426. The molecule has 160 valence electrons. The van der Waals surface area contributed by atoms with Crippen LogP contribution < -0.4 is 9.46 Å². The summed E-state index contributed by atoms with van der Waals surface area (Å²) in [5, 5.41) is 9.35. The summed E-state index contributed by atoms with van der Waals surface area (Å²) in [6.07, 6.45) is 1.76. The lowest BCUT2D eigenvalue weighted by Gasteiger charge is -2.09. The van der Waals surface area contributed by atoms with Crippen LogP contribution in [-0.4, -0.2) is 40.5 Å². The number of pyridine rings is 2. The second-order valence-electron chi connectivity index (χ2n) is 7.10. The zero-order valence-electron chi connectivity index (χ0n) is 17.0. The Kier molecular flexibility index (Phi) is 4.91. The highest BCUT2D eigenvalue weighted by atomic mass is 32.2. The topological polar surface area (TPSA) is 112 Å². The zero-order valence-corrected chi connectivity index (χ0v) is 17.8. The Labute approximate surface area is 183 Å². The third-order valence-electron chi connectivity index (χ3n) is 4.97. The number of methoxy groups -OCH3 is 1. The lowest BCUT2D eigenvalue weighted by molar-refractivity contribution is 0.414. The number of hydrogen-bond donors (Lipinski definition) is 1. The molecule has 10 heteroatoms. The third-order valence-corrected chi connectivity index (χ3v) is 6.34. The number of hydrogen-bond acceptors (Lipinski definition) is 7. The van der Waals surface area contributed by atoms with E-state index >= 15 is 0 Å². The fraction of sp³-hybridized carbons (Fsp3) is 0.0909. The lowest BCUT2D eigenvalue weighted by Crippen LogP contribution is -2.14. The fourth-order valence-electron chi connectivity index (χ4n) is 3.36. The van der Waals surface area contributed by atoms with E-state index in [1.54, 1.807) is 35.1 Å². The van der Waals surface area contributed by atoms with E-state index in [0.717, 1.165) is 16.5 Å². The molecule has 2 aromatic carbocycles. The Balaban J connectivity index is 1.43. The summed E-state index contributed by atoms with van der Waals surface area (Å²) in [7, 11) is -2.29. The smallest absolute Gasteiger partial charge is 0.263 e. The molecule has 0 unspecified atom stereocenters. The van der Waals surface area contributed by atoms with E-state index in [1.807, 2.05) is 30.3 Å². The van der Waals surface area contributed by atoms with Gasteiger partial charge in [-0.1, -0.05) is 17.3 Å². The molecule has 9 nitrogen and oxygen atoms in total. The molecule has 0 fully saturated rings. The van der Waals surface area contributed by atoms with Gasteiger partial charge in [-0.05, 0) is 60.2 Å². The normalized spacial score (nSPS) is 11.7. The Bertz CT molecular complexity index is 1530. The van der Waals surface area contributed by atoms with Gasteiger partial charge in [-0.25, -0.2) is 18.1 Å². The number of nitrogens with zero attached hydrogens (tertiary/aromatic N) is 5. The Hall–Kier alpha value is -4.05. The standard InChI is InChI=1S/C22H18N6O3S/c1-31-17-5-7-18(8-6-17)32(29,30)26-21-11-10-20-22(24-21)28(27-25-20)14-15-4-9-19-16(13-15)3-2-12-23-19/h2-13H,14H2,1H3,(H,24,26). The van der Waals surface area contributed by atoms with Gasteiger partial charge in [0.25, 0.3) is 10.0 Å². The van der Waals surface area contributed by atoms with Gasteiger partial charge in [0.1, 0.15) is 17.1 Å². The molecule has 0 bridgehead atoms. The van der Waals surface area contributed by atoms with Crippen molar-refractivity contribution in [1.29, 1.82) is 0 Å². The SMILES string of the molecule is COc1ccc(S(=O)(=O)Nc2ccc3nnn(Cc4ccc5ncccc5c4)c3n2)cc1. The van der Waals surface area contributed by atoms with Gasteiger partial charge in [0.15, 0.2) is 5.65 Å². The van der Waals surface area contributed by atoms with Crippen LogP contribution in [0.2, 0.25) is 0 Å². The average Bonchev–Trinajstić information content (AvgIpc) is 3.20. The molecular weight excluding hydrogens is 428 g/mol. The van der Waals surface area contributed by atoms with E-state index in [1.165, 1.54) is 19.2 Å². The van der Waals surface area contributed by atoms with E-state index < -0.39 is 10.0 Å². The van der Waals surface area contributed by atoms with E-state index in [9.17, 15) is 8.42 Å². The van der Waals surface area contributed by atoms with Gasteiger partial charge in [-0.3, -0.25) is 9.71 Å². The maximum atomic E-state index is 12.7. The molecule has 0 saturated carbocycles. The zero-order chi connectivity index (χ0) is 22.1. The minimum atomic E-state index is -3.81. The monoisotopic (exact) mass is 446 g/mol. The first kappa shape index (κ1) is 19.9. The van der Waals surface area contributed by atoms with Gasteiger partial charge in [-0.15, -0.1) is 5.10 Å². The van der Waals surface area contributed by atoms with Crippen LogP contribution in [0.1, 0.15) is 5.56 Å². The van der Waals surface area contributed by atoms with Crippen LogP contribution in [0.4, 0.5) is 5.82 Å². The summed E-state index contributed by atoms with van der Waals surface area (Å²) in [6, 6.07) is 19.2. The van der Waals surface area contributed by atoms with Crippen molar-refractivity contribution >= 4 is 37.9 Å². The first-order chi connectivity index (χ1) is 15.5. The number of aromatic nitrogens is 5. The fourth-order valence-corrected chi connectivity index (χ4v) is 4.37. The molecular formula is C22H18N6O3S.